The monoisotopic (exact) mass is 248 g/mol. The minimum atomic E-state index is -0.651. The number of carbonyl (C=O) groups excluding carboxylic acids is 1. The molecule has 2 rings (SSSR count). The standard InChI is InChI=1S/C13H13FN2O2/c14-10-4-3-6-11(9(10)8-15)18-12-5-1-2-7-16-13(12)17/h3-4,6,12H,1-2,5,7H2,(H,16,17). The first kappa shape index (κ1) is 12.4. The molecule has 0 bridgehead atoms. The normalized spacial score (nSPS) is 19.6. The first-order chi connectivity index (χ1) is 8.72. The van der Waals surface area contributed by atoms with Gasteiger partial charge in [0.25, 0.3) is 5.91 Å². The van der Waals surface area contributed by atoms with Crippen LogP contribution in [0.1, 0.15) is 24.8 Å². The van der Waals surface area contributed by atoms with E-state index >= 15 is 0 Å². The Morgan fingerprint density at radius 2 is 2.28 bits per heavy atom. The minimum Gasteiger partial charge on any atom is -0.479 e. The van der Waals surface area contributed by atoms with Crippen molar-refractivity contribution in [3.63, 3.8) is 0 Å². The second-order valence-corrected chi connectivity index (χ2v) is 4.12. The van der Waals surface area contributed by atoms with Gasteiger partial charge in [0.2, 0.25) is 0 Å². The zero-order valence-corrected chi connectivity index (χ0v) is 9.78. The van der Waals surface area contributed by atoms with Gasteiger partial charge >= 0.3 is 0 Å². The summed E-state index contributed by atoms with van der Waals surface area (Å²) in [5.41, 5.74) is -0.158. The van der Waals surface area contributed by atoms with E-state index in [1.165, 1.54) is 18.2 Å². The summed E-state index contributed by atoms with van der Waals surface area (Å²) in [5.74, 6) is -0.718. The average molecular weight is 248 g/mol. The van der Waals surface area contributed by atoms with Gasteiger partial charge in [-0.1, -0.05) is 6.07 Å². The molecule has 4 nitrogen and oxygen atoms in total. The van der Waals surface area contributed by atoms with Crippen LogP contribution in [0.3, 0.4) is 0 Å². The topological polar surface area (TPSA) is 62.1 Å². The maximum absolute atomic E-state index is 13.4. The van der Waals surface area contributed by atoms with E-state index < -0.39 is 11.9 Å². The molecule has 1 fully saturated rings. The van der Waals surface area contributed by atoms with Crippen LogP contribution in [0.5, 0.6) is 5.75 Å². The molecular weight excluding hydrogens is 235 g/mol. The Labute approximate surface area is 104 Å². The maximum Gasteiger partial charge on any atom is 0.261 e. The lowest BCUT2D eigenvalue weighted by atomic mass is 10.1. The van der Waals surface area contributed by atoms with Crippen LogP contribution in [0.2, 0.25) is 0 Å². The van der Waals surface area contributed by atoms with Crippen molar-refractivity contribution in [3.8, 4) is 11.8 Å². The van der Waals surface area contributed by atoms with Gasteiger partial charge in [-0.3, -0.25) is 4.79 Å². The Balaban J connectivity index is 2.20. The quantitative estimate of drug-likeness (QED) is 0.867. The molecule has 1 N–H and O–H groups in total. The molecule has 1 saturated heterocycles. The van der Waals surface area contributed by atoms with Crippen LogP contribution in [0.15, 0.2) is 18.2 Å². The third-order valence-electron chi connectivity index (χ3n) is 2.84. The molecule has 1 aromatic rings. The summed E-state index contributed by atoms with van der Waals surface area (Å²) in [6.45, 7) is 0.632. The van der Waals surface area contributed by atoms with Crippen molar-refractivity contribution in [3.05, 3.63) is 29.6 Å². The molecule has 1 unspecified atom stereocenters. The molecule has 1 heterocycles. The van der Waals surface area contributed by atoms with Gasteiger partial charge in [-0.05, 0) is 31.4 Å². The van der Waals surface area contributed by atoms with Crippen LogP contribution in [0.25, 0.3) is 0 Å². The van der Waals surface area contributed by atoms with Gasteiger partial charge < -0.3 is 10.1 Å². The maximum atomic E-state index is 13.4. The Morgan fingerprint density at radius 1 is 1.44 bits per heavy atom. The van der Waals surface area contributed by atoms with E-state index in [-0.39, 0.29) is 17.2 Å². The molecule has 94 valence electrons. The number of carbonyl (C=O) groups is 1. The van der Waals surface area contributed by atoms with Gasteiger partial charge in [0.05, 0.1) is 0 Å². The van der Waals surface area contributed by atoms with Crippen molar-refractivity contribution in [1.29, 1.82) is 5.26 Å². The van der Waals surface area contributed by atoms with Gasteiger partial charge in [0, 0.05) is 6.54 Å². The number of amides is 1. The highest BCUT2D eigenvalue weighted by atomic mass is 19.1. The van der Waals surface area contributed by atoms with Crippen LogP contribution < -0.4 is 10.1 Å². The molecular formula is C13H13FN2O2. The molecule has 1 amide bonds. The molecule has 0 spiro atoms. The predicted octanol–water partition coefficient (Wildman–Crippen LogP) is 1.74. The zero-order chi connectivity index (χ0) is 13.0. The zero-order valence-electron chi connectivity index (χ0n) is 9.78. The van der Waals surface area contributed by atoms with Crippen molar-refractivity contribution in [2.24, 2.45) is 0 Å². The van der Waals surface area contributed by atoms with Crippen LogP contribution in [-0.4, -0.2) is 18.6 Å². The predicted molar refractivity (Wildman–Crippen MR) is 62.4 cm³/mol. The minimum absolute atomic E-state index is 0.125. The number of benzene rings is 1. The highest BCUT2D eigenvalue weighted by Crippen LogP contribution is 2.23. The van der Waals surface area contributed by atoms with Crippen LogP contribution >= 0.6 is 0 Å². The molecule has 1 aliphatic heterocycles. The molecule has 5 heteroatoms. The summed E-state index contributed by atoms with van der Waals surface area (Å²) in [5, 5.41) is 11.6. The van der Waals surface area contributed by atoms with E-state index in [0.29, 0.717) is 13.0 Å². The largest absolute Gasteiger partial charge is 0.479 e. The second kappa shape index (κ2) is 5.50. The second-order valence-electron chi connectivity index (χ2n) is 4.12. The number of hydrogen-bond acceptors (Lipinski definition) is 3. The molecule has 0 aliphatic carbocycles. The molecule has 0 saturated carbocycles. The molecule has 18 heavy (non-hydrogen) atoms. The van der Waals surface area contributed by atoms with Gasteiger partial charge in [-0.25, -0.2) is 4.39 Å². The van der Waals surface area contributed by atoms with Gasteiger partial charge in [0.1, 0.15) is 23.2 Å². The number of halogens is 1. The number of hydrogen-bond donors (Lipinski definition) is 1. The smallest absolute Gasteiger partial charge is 0.261 e. The van der Waals surface area contributed by atoms with Crippen LogP contribution in [0.4, 0.5) is 4.39 Å². The number of nitrogens with zero attached hydrogens (tertiary/aromatic N) is 1. The Bertz CT molecular complexity index is 496. The lowest BCUT2D eigenvalue weighted by Crippen LogP contribution is -2.36. The summed E-state index contributed by atoms with van der Waals surface area (Å²) in [4.78, 5) is 11.7. The highest BCUT2D eigenvalue weighted by molar-refractivity contribution is 5.81. The number of nitriles is 1. The first-order valence-corrected chi connectivity index (χ1v) is 5.85. The van der Waals surface area contributed by atoms with Crippen molar-refractivity contribution in [2.75, 3.05) is 6.54 Å². The van der Waals surface area contributed by atoms with Crippen molar-refractivity contribution >= 4 is 5.91 Å². The van der Waals surface area contributed by atoms with E-state index in [1.807, 2.05) is 0 Å². The number of rotatable bonds is 2. The Morgan fingerprint density at radius 3 is 3.06 bits per heavy atom. The van der Waals surface area contributed by atoms with Crippen molar-refractivity contribution in [1.82, 2.24) is 5.32 Å². The fourth-order valence-electron chi connectivity index (χ4n) is 1.89. The van der Waals surface area contributed by atoms with Crippen LogP contribution in [0, 0.1) is 17.1 Å². The summed E-state index contributed by atoms with van der Waals surface area (Å²) >= 11 is 0. The van der Waals surface area contributed by atoms with Crippen molar-refractivity contribution < 1.29 is 13.9 Å². The lowest BCUT2D eigenvalue weighted by molar-refractivity contribution is -0.127. The molecule has 1 aromatic carbocycles. The SMILES string of the molecule is N#Cc1c(F)cccc1OC1CCCCNC1=O. The summed E-state index contributed by atoms with van der Waals surface area (Å²) in [7, 11) is 0. The fraction of sp³-hybridized carbons (Fsp3) is 0.385. The summed E-state index contributed by atoms with van der Waals surface area (Å²) < 4.78 is 18.9. The summed E-state index contributed by atoms with van der Waals surface area (Å²) in [6, 6.07) is 5.90. The van der Waals surface area contributed by atoms with Gasteiger partial charge in [-0.2, -0.15) is 5.26 Å². The molecule has 1 atom stereocenters. The Kier molecular flexibility index (Phi) is 3.78. The average Bonchev–Trinajstić information content (AvgIpc) is 2.55. The molecule has 0 aromatic heterocycles. The first-order valence-electron chi connectivity index (χ1n) is 5.85. The van der Waals surface area contributed by atoms with Crippen molar-refractivity contribution in [2.45, 2.75) is 25.4 Å². The van der Waals surface area contributed by atoms with E-state index in [1.54, 1.807) is 6.07 Å². The third-order valence-corrected chi connectivity index (χ3v) is 2.84. The van der Waals surface area contributed by atoms with Crippen LogP contribution in [-0.2, 0) is 4.79 Å². The summed E-state index contributed by atoms with van der Waals surface area (Å²) in [6.07, 6.45) is 1.69. The van der Waals surface area contributed by atoms with E-state index in [0.717, 1.165) is 12.8 Å². The number of nitrogens with one attached hydrogen (secondary N) is 1. The number of ether oxygens (including phenoxy) is 1. The third kappa shape index (κ3) is 2.59. The lowest BCUT2D eigenvalue weighted by Gasteiger charge is -2.16. The highest BCUT2D eigenvalue weighted by Gasteiger charge is 2.23. The Hall–Kier alpha value is -2.09. The van der Waals surface area contributed by atoms with E-state index in [2.05, 4.69) is 5.32 Å². The fourth-order valence-corrected chi connectivity index (χ4v) is 1.89. The van der Waals surface area contributed by atoms with E-state index in [9.17, 15) is 9.18 Å². The molecule has 0 radical (unpaired) electrons. The molecule has 1 aliphatic rings. The van der Waals surface area contributed by atoms with E-state index in [4.69, 9.17) is 10.00 Å². The van der Waals surface area contributed by atoms with Gasteiger partial charge in [-0.15, -0.1) is 0 Å². The van der Waals surface area contributed by atoms with Gasteiger partial charge in [0.15, 0.2) is 6.10 Å².